The lowest BCUT2D eigenvalue weighted by Gasteiger charge is -2.10. The van der Waals surface area contributed by atoms with E-state index in [0.717, 1.165) is 25.7 Å². The molecule has 3 atom stereocenters. The van der Waals surface area contributed by atoms with Crippen LogP contribution in [0, 0.1) is 5.92 Å². The van der Waals surface area contributed by atoms with Gasteiger partial charge in [-0.25, -0.2) is 0 Å². The maximum atomic E-state index is 6.02. The molecule has 1 aromatic rings. The number of unbranched alkanes of at least 4 members (excludes halogenated alkanes) is 1. The van der Waals surface area contributed by atoms with Crippen LogP contribution in [0.5, 0.6) is 0 Å². The Bertz CT molecular complexity index is 421. The predicted molar refractivity (Wildman–Crippen MR) is 85.8 cm³/mol. The van der Waals surface area contributed by atoms with Crippen LogP contribution in [-0.4, -0.2) is 12.2 Å². The first-order chi connectivity index (χ1) is 9.79. The van der Waals surface area contributed by atoms with Gasteiger partial charge in [-0.15, -0.1) is 6.58 Å². The minimum atomic E-state index is 0.302. The molecule has 0 aliphatic carbocycles. The molecule has 2 rings (SSSR count). The standard InChI is InChI=1S/C19H26O/c1-3-10-18-15-16(2)19(20-18)14-9-5-8-13-17-11-6-4-7-12-17/h3-4,6-7,9,11-12,14,16,18-19H,1,5,8,10,13,15H2,2H3/b14-9+/t16-,18-,19+/m1/s1. The first kappa shape index (κ1) is 15.1. The zero-order chi connectivity index (χ0) is 14.2. The van der Waals surface area contributed by atoms with Crippen molar-refractivity contribution in [2.75, 3.05) is 0 Å². The van der Waals surface area contributed by atoms with Gasteiger partial charge in [-0.05, 0) is 43.6 Å². The molecule has 0 aromatic heterocycles. The third-order valence-corrected chi connectivity index (χ3v) is 3.98. The van der Waals surface area contributed by atoms with Gasteiger partial charge in [-0.2, -0.15) is 0 Å². The zero-order valence-corrected chi connectivity index (χ0v) is 12.5. The zero-order valence-electron chi connectivity index (χ0n) is 12.5. The Balaban J connectivity index is 1.67. The Kier molecular flexibility index (Phi) is 6.07. The van der Waals surface area contributed by atoms with Crippen molar-refractivity contribution in [3.63, 3.8) is 0 Å². The van der Waals surface area contributed by atoms with Gasteiger partial charge in [0.05, 0.1) is 12.2 Å². The first-order valence-corrected chi connectivity index (χ1v) is 7.76. The molecule has 1 heterocycles. The average Bonchev–Trinajstić information content (AvgIpc) is 2.80. The van der Waals surface area contributed by atoms with E-state index in [-0.39, 0.29) is 0 Å². The summed E-state index contributed by atoms with van der Waals surface area (Å²) >= 11 is 0. The van der Waals surface area contributed by atoms with Crippen molar-refractivity contribution in [2.45, 2.75) is 51.2 Å². The topological polar surface area (TPSA) is 9.23 Å². The number of hydrogen-bond acceptors (Lipinski definition) is 1. The lowest BCUT2D eigenvalue weighted by molar-refractivity contribution is 0.0661. The predicted octanol–water partition coefficient (Wildman–Crippen LogP) is 4.94. The Morgan fingerprint density at radius 1 is 1.30 bits per heavy atom. The number of aryl methyl sites for hydroxylation is 1. The van der Waals surface area contributed by atoms with Crippen LogP contribution in [0.4, 0.5) is 0 Å². The van der Waals surface area contributed by atoms with Crippen molar-refractivity contribution in [1.82, 2.24) is 0 Å². The molecule has 1 aliphatic rings. The number of allylic oxidation sites excluding steroid dienone is 1. The lowest BCUT2D eigenvalue weighted by atomic mass is 10.00. The monoisotopic (exact) mass is 270 g/mol. The summed E-state index contributed by atoms with van der Waals surface area (Å²) in [4.78, 5) is 0. The van der Waals surface area contributed by atoms with E-state index in [1.54, 1.807) is 0 Å². The Hall–Kier alpha value is -1.34. The van der Waals surface area contributed by atoms with Crippen LogP contribution in [0.1, 0.15) is 38.2 Å². The first-order valence-electron chi connectivity index (χ1n) is 7.76. The fraction of sp³-hybridized carbons (Fsp3) is 0.474. The third-order valence-electron chi connectivity index (χ3n) is 3.98. The van der Waals surface area contributed by atoms with E-state index < -0.39 is 0 Å². The minimum Gasteiger partial charge on any atom is -0.370 e. The summed E-state index contributed by atoms with van der Waals surface area (Å²) in [6.45, 7) is 6.07. The van der Waals surface area contributed by atoms with Crippen molar-refractivity contribution >= 4 is 0 Å². The normalized spacial score (nSPS) is 26.1. The molecule has 1 heteroatoms. The molecule has 1 fully saturated rings. The van der Waals surface area contributed by atoms with E-state index in [4.69, 9.17) is 4.74 Å². The molecule has 1 aromatic carbocycles. The highest BCUT2D eigenvalue weighted by molar-refractivity contribution is 5.14. The van der Waals surface area contributed by atoms with Gasteiger partial charge in [-0.1, -0.05) is 55.5 Å². The Morgan fingerprint density at radius 2 is 2.10 bits per heavy atom. The van der Waals surface area contributed by atoms with E-state index in [1.165, 1.54) is 12.0 Å². The van der Waals surface area contributed by atoms with Crippen LogP contribution in [0.3, 0.4) is 0 Å². The van der Waals surface area contributed by atoms with E-state index in [1.807, 2.05) is 6.08 Å². The lowest BCUT2D eigenvalue weighted by Crippen LogP contribution is -2.10. The highest BCUT2D eigenvalue weighted by Crippen LogP contribution is 2.29. The molecule has 1 nitrogen and oxygen atoms in total. The van der Waals surface area contributed by atoms with Gasteiger partial charge in [0.15, 0.2) is 0 Å². The van der Waals surface area contributed by atoms with Crippen molar-refractivity contribution < 1.29 is 4.74 Å². The fourth-order valence-corrected chi connectivity index (χ4v) is 2.83. The smallest absolute Gasteiger partial charge is 0.0786 e. The number of hydrogen-bond donors (Lipinski definition) is 0. The van der Waals surface area contributed by atoms with E-state index in [9.17, 15) is 0 Å². The average molecular weight is 270 g/mol. The molecule has 0 N–H and O–H groups in total. The molecule has 0 saturated carbocycles. The van der Waals surface area contributed by atoms with Gasteiger partial charge < -0.3 is 4.74 Å². The van der Waals surface area contributed by atoms with Crippen LogP contribution < -0.4 is 0 Å². The van der Waals surface area contributed by atoms with Gasteiger partial charge in [0.2, 0.25) is 0 Å². The van der Waals surface area contributed by atoms with Crippen molar-refractivity contribution in [1.29, 1.82) is 0 Å². The molecule has 0 bridgehead atoms. The second-order valence-corrected chi connectivity index (χ2v) is 5.77. The van der Waals surface area contributed by atoms with Crippen LogP contribution >= 0.6 is 0 Å². The van der Waals surface area contributed by atoms with Crippen molar-refractivity contribution in [2.24, 2.45) is 5.92 Å². The molecule has 0 amide bonds. The highest BCUT2D eigenvalue weighted by Gasteiger charge is 2.29. The fourth-order valence-electron chi connectivity index (χ4n) is 2.83. The summed E-state index contributed by atoms with van der Waals surface area (Å²) in [6.07, 6.45) is 12.8. The summed E-state index contributed by atoms with van der Waals surface area (Å²) in [5, 5.41) is 0. The molecule has 20 heavy (non-hydrogen) atoms. The maximum Gasteiger partial charge on any atom is 0.0786 e. The largest absolute Gasteiger partial charge is 0.370 e. The number of benzene rings is 1. The Morgan fingerprint density at radius 3 is 2.85 bits per heavy atom. The van der Waals surface area contributed by atoms with Gasteiger partial charge >= 0.3 is 0 Å². The van der Waals surface area contributed by atoms with E-state index in [2.05, 4.69) is 56.0 Å². The summed E-state index contributed by atoms with van der Waals surface area (Å²) in [7, 11) is 0. The molecule has 0 unspecified atom stereocenters. The molecule has 1 saturated heterocycles. The summed E-state index contributed by atoms with van der Waals surface area (Å²) in [6, 6.07) is 10.7. The van der Waals surface area contributed by atoms with Crippen LogP contribution in [0.15, 0.2) is 55.1 Å². The Labute approximate surface area is 123 Å². The second kappa shape index (κ2) is 8.06. The van der Waals surface area contributed by atoms with Gasteiger partial charge in [0, 0.05) is 0 Å². The van der Waals surface area contributed by atoms with Gasteiger partial charge in [0.25, 0.3) is 0 Å². The number of rotatable bonds is 7. The second-order valence-electron chi connectivity index (χ2n) is 5.77. The molecular weight excluding hydrogens is 244 g/mol. The van der Waals surface area contributed by atoms with Gasteiger partial charge in [0.1, 0.15) is 0 Å². The van der Waals surface area contributed by atoms with E-state index in [0.29, 0.717) is 18.1 Å². The summed E-state index contributed by atoms with van der Waals surface area (Å²) in [5.41, 5.74) is 1.43. The highest BCUT2D eigenvalue weighted by atomic mass is 16.5. The molecule has 108 valence electrons. The number of ether oxygens (including phenoxy) is 1. The molecular formula is C19H26O. The van der Waals surface area contributed by atoms with Crippen LogP contribution in [0.2, 0.25) is 0 Å². The van der Waals surface area contributed by atoms with Gasteiger partial charge in [-0.3, -0.25) is 0 Å². The molecule has 1 aliphatic heterocycles. The van der Waals surface area contributed by atoms with Crippen LogP contribution in [-0.2, 0) is 11.2 Å². The summed E-state index contributed by atoms with van der Waals surface area (Å²) < 4.78 is 6.02. The molecule has 0 spiro atoms. The van der Waals surface area contributed by atoms with E-state index >= 15 is 0 Å². The molecule has 0 radical (unpaired) electrons. The third kappa shape index (κ3) is 4.64. The maximum absolute atomic E-state index is 6.02. The van der Waals surface area contributed by atoms with Crippen molar-refractivity contribution in [3.8, 4) is 0 Å². The summed E-state index contributed by atoms with van der Waals surface area (Å²) in [5.74, 6) is 0.630. The van der Waals surface area contributed by atoms with Crippen molar-refractivity contribution in [3.05, 3.63) is 60.7 Å². The SMILES string of the molecule is C=CC[C@@H]1C[C@@H](C)[C@H](/C=C/CCCc2ccccc2)O1. The van der Waals surface area contributed by atoms with Crippen LogP contribution in [0.25, 0.3) is 0 Å². The quantitative estimate of drug-likeness (QED) is 0.504. The minimum absolute atomic E-state index is 0.302.